The van der Waals surface area contributed by atoms with Crippen LogP contribution in [0.1, 0.15) is 92.0 Å². The minimum absolute atomic E-state index is 0.0702. The second-order valence-corrected chi connectivity index (χ2v) is 13.0. The van der Waals surface area contributed by atoms with Gasteiger partial charge in [0.2, 0.25) is 5.91 Å². The van der Waals surface area contributed by atoms with Crippen molar-refractivity contribution in [3.63, 3.8) is 0 Å². The van der Waals surface area contributed by atoms with E-state index in [1.165, 1.54) is 4.90 Å². The molecular weight excluding hydrogens is 548 g/mol. The van der Waals surface area contributed by atoms with E-state index in [2.05, 4.69) is 17.6 Å². The van der Waals surface area contributed by atoms with Crippen molar-refractivity contribution in [1.29, 1.82) is 5.41 Å². The zero-order valence-corrected chi connectivity index (χ0v) is 25.4. The standard InChI is InChI=1S/C33H42N4O6/c1-5-33-13-7-6-8-19-9-11-25-22(14-19)27(29(39)32(2,3)43-25)35-30(40)20-10-12-24-23(15-20)28(21(17-41-4)18-42-24)37(26(38)16-33)31(34)36-33/h9-12,14-15,21,27-29,39H,5-8,13,16-18H2,1-4H3,(H2,34,36)(H,35,40)/t21-,27-,28-,29+,33-/m1/s1. The number of rotatable bonds is 3. The van der Waals surface area contributed by atoms with E-state index < -0.39 is 29.3 Å². The zero-order chi connectivity index (χ0) is 30.5. The Bertz CT molecular complexity index is 1420. The number of aryl methyl sites for hydroxylation is 1. The Morgan fingerprint density at radius 3 is 2.65 bits per heavy atom. The van der Waals surface area contributed by atoms with E-state index in [4.69, 9.17) is 19.6 Å². The predicted molar refractivity (Wildman–Crippen MR) is 160 cm³/mol. The first kappa shape index (κ1) is 29.4. The van der Waals surface area contributed by atoms with Crippen LogP contribution in [0.5, 0.6) is 11.5 Å². The number of hydrogen-bond acceptors (Lipinski definition) is 7. The van der Waals surface area contributed by atoms with Crippen LogP contribution in [0.2, 0.25) is 0 Å². The normalized spacial score (nSPS) is 29.9. The molecule has 6 bridgehead atoms. The van der Waals surface area contributed by atoms with E-state index >= 15 is 0 Å². The van der Waals surface area contributed by atoms with E-state index in [1.807, 2.05) is 32.0 Å². The third kappa shape index (κ3) is 5.25. The van der Waals surface area contributed by atoms with Gasteiger partial charge >= 0.3 is 0 Å². The molecule has 230 valence electrons. The third-order valence-corrected chi connectivity index (χ3v) is 9.68. The summed E-state index contributed by atoms with van der Waals surface area (Å²) in [6.45, 7) is 6.33. The molecule has 5 heterocycles. The number of aliphatic hydroxyl groups excluding tert-OH is 1. The maximum Gasteiger partial charge on any atom is 0.251 e. The summed E-state index contributed by atoms with van der Waals surface area (Å²) >= 11 is 0. The van der Waals surface area contributed by atoms with Crippen LogP contribution in [0, 0.1) is 11.3 Å². The molecule has 0 saturated carbocycles. The second kappa shape index (κ2) is 11.1. The smallest absolute Gasteiger partial charge is 0.251 e. The van der Waals surface area contributed by atoms with Gasteiger partial charge in [0, 0.05) is 35.3 Å². The molecule has 7 rings (SSSR count). The molecule has 2 aromatic carbocycles. The van der Waals surface area contributed by atoms with E-state index in [-0.39, 0.29) is 30.1 Å². The fourth-order valence-electron chi connectivity index (χ4n) is 7.17. The lowest BCUT2D eigenvalue weighted by molar-refractivity contribution is -0.135. The van der Waals surface area contributed by atoms with Crippen molar-refractivity contribution in [3.8, 4) is 11.5 Å². The number of carbonyl (C=O) groups excluding carboxylic acids is 2. The number of aliphatic hydroxyl groups is 1. The minimum Gasteiger partial charge on any atom is -0.493 e. The van der Waals surface area contributed by atoms with Gasteiger partial charge in [-0.2, -0.15) is 0 Å². The first-order chi connectivity index (χ1) is 20.6. The van der Waals surface area contributed by atoms with Crippen molar-refractivity contribution in [2.75, 3.05) is 20.3 Å². The molecular formula is C33H42N4O6. The van der Waals surface area contributed by atoms with Gasteiger partial charge in [0.05, 0.1) is 31.7 Å². The summed E-state index contributed by atoms with van der Waals surface area (Å²) in [4.78, 5) is 29.3. The van der Waals surface area contributed by atoms with Crippen molar-refractivity contribution in [1.82, 2.24) is 15.5 Å². The van der Waals surface area contributed by atoms with Crippen molar-refractivity contribution >= 4 is 17.8 Å². The summed E-state index contributed by atoms with van der Waals surface area (Å²) in [7, 11) is 1.61. The van der Waals surface area contributed by atoms with E-state index in [0.29, 0.717) is 35.8 Å². The van der Waals surface area contributed by atoms with Gasteiger partial charge in [-0.05, 0) is 75.4 Å². The summed E-state index contributed by atoms with van der Waals surface area (Å²) < 4.78 is 17.8. The zero-order valence-electron chi connectivity index (χ0n) is 25.4. The molecule has 2 amide bonds. The molecule has 1 fully saturated rings. The number of nitrogens with one attached hydrogen (secondary N) is 3. The van der Waals surface area contributed by atoms with Gasteiger partial charge in [-0.15, -0.1) is 0 Å². The van der Waals surface area contributed by atoms with Crippen LogP contribution >= 0.6 is 0 Å². The highest BCUT2D eigenvalue weighted by Gasteiger charge is 2.47. The summed E-state index contributed by atoms with van der Waals surface area (Å²) in [5, 5.41) is 27.0. The predicted octanol–water partition coefficient (Wildman–Crippen LogP) is 4.02. The first-order valence-electron chi connectivity index (χ1n) is 15.3. The highest BCUT2D eigenvalue weighted by molar-refractivity contribution is 6.00. The number of amides is 2. The maximum atomic E-state index is 13.9. The van der Waals surface area contributed by atoms with Crippen LogP contribution in [0.3, 0.4) is 0 Å². The van der Waals surface area contributed by atoms with E-state index in [1.54, 1.807) is 25.3 Å². The van der Waals surface area contributed by atoms with Crippen molar-refractivity contribution in [2.45, 2.75) is 88.6 Å². The summed E-state index contributed by atoms with van der Waals surface area (Å²) in [5.74, 6) is 0.562. The van der Waals surface area contributed by atoms with Gasteiger partial charge in [0.25, 0.3) is 5.91 Å². The SMILES string of the molecule is CC[C@]12CCCCc3ccc4c(c3)[C@@H](NC(=O)c3ccc5c(c3)[C@@H]([C@H](COC)CO5)N(C(=N)N1)C(=O)C2)[C@H](O)C(C)(C)O4. The Morgan fingerprint density at radius 2 is 1.91 bits per heavy atom. The Labute approximate surface area is 252 Å². The highest BCUT2D eigenvalue weighted by Crippen LogP contribution is 2.44. The van der Waals surface area contributed by atoms with Crippen LogP contribution in [-0.2, 0) is 16.0 Å². The van der Waals surface area contributed by atoms with Crippen LogP contribution in [-0.4, -0.2) is 65.3 Å². The molecule has 1 saturated heterocycles. The molecule has 10 nitrogen and oxygen atoms in total. The number of nitrogens with zero attached hydrogens (tertiary/aromatic N) is 1. The fraction of sp³-hybridized carbons (Fsp3) is 0.545. The van der Waals surface area contributed by atoms with Gasteiger partial charge in [0.1, 0.15) is 23.2 Å². The van der Waals surface area contributed by atoms with Crippen LogP contribution < -0.4 is 20.1 Å². The number of ether oxygens (including phenoxy) is 3. The maximum absolute atomic E-state index is 13.9. The molecule has 5 aliphatic rings. The Hall–Kier alpha value is -3.63. The average Bonchev–Trinajstić information content (AvgIpc) is 2.97. The molecule has 0 unspecified atom stereocenters. The first-order valence-corrected chi connectivity index (χ1v) is 15.3. The fourth-order valence-corrected chi connectivity index (χ4v) is 7.17. The largest absolute Gasteiger partial charge is 0.493 e. The molecule has 2 aromatic rings. The van der Waals surface area contributed by atoms with Crippen molar-refractivity contribution < 1.29 is 28.9 Å². The minimum atomic E-state index is -0.986. The van der Waals surface area contributed by atoms with Crippen LogP contribution in [0.25, 0.3) is 0 Å². The molecule has 0 aromatic heterocycles. The van der Waals surface area contributed by atoms with Gasteiger partial charge in [-0.25, -0.2) is 0 Å². The number of carbonyl (C=O) groups is 2. The van der Waals surface area contributed by atoms with Gasteiger partial charge in [-0.1, -0.05) is 19.4 Å². The lowest BCUT2D eigenvalue weighted by atomic mass is 9.81. The second-order valence-electron chi connectivity index (χ2n) is 13.0. The Morgan fingerprint density at radius 1 is 1.12 bits per heavy atom. The van der Waals surface area contributed by atoms with Crippen LogP contribution in [0.4, 0.5) is 0 Å². The molecule has 5 aliphatic heterocycles. The number of benzene rings is 2. The van der Waals surface area contributed by atoms with Crippen LogP contribution in [0.15, 0.2) is 36.4 Å². The topological polar surface area (TPSA) is 133 Å². The van der Waals surface area contributed by atoms with E-state index in [9.17, 15) is 14.7 Å². The molecule has 0 aliphatic carbocycles. The monoisotopic (exact) mass is 590 g/mol. The summed E-state index contributed by atoms with van der Waals surface area (Å²) in [6.07, 6.45) is 3.35. The number of methoxy groups -OCH3 is 1. The molecule has 10 heteroatoms. The third-order valence-electron chi connectivity index (χ3n) is 9.68. The molecule has 43 heavy (non-hydrogen) atoms. The highest BCUT2D eigenvalue weighted by atomic mass is 16.5. The lowest BCUT2D eigenvalue weighted by Gasteiger charge is -2.48. The molecule has 0 radical (unpaired) electrons. The Kier molecular flexibility index (Phi) is 7.62. The molecule has 5 atom stereocenters. The number of guanidine groups is 1. The molecule has 4 N–H and O–H groups in total. The average molecular weight is 591 g/mol. The quantitative estimate of drug-likeness (QED) is 0.425. The van der Waals surface area contributed by atoms with Crippen molar-refractivity contribution in [2.24, 2.45) is 5.92 Å². The molecule has 0 spiro atoms. The summed E-state index contributed by atoms with van der Waals surface area (Å²) in [6, 6.07) is 9.95. The van der Waals surface area contributed by atoms with E-state index in [0.717, 1.165) is 43.2 Å². The number of fused-ring (bicyclic) bond motifs is 6. The van der Waals surface area contributed by atoms with Gasteiger partial charge in [-0.3, -0.25) is 19.9 Å². The van der Waals surface area contributed by atoms with Crippen molar-refractivity contribution in [3.05, 3.63) is 58.7 Å². The van der Waals surface area contributed by atoms with Gasteiger partial charge in [0.15, 0.2) is 5.96 Å². The van der Waals surface area contributed by atoms with Gasteiger partial charge < -0.3 is 30.0 Å². The number of hydrogen-bond donors (Lipinski definition) is 4. The summed E-state index contributed by atoms with van der Waals surface area (Å²) in [5.41, 5.74) is 1.46. The Balaban J connectivity index is 1.46. The lowest BCUT2D eigenvalue weighted by Crippen LogP contribution is -2.64.